The van der Waals surface area contributed by atoms with E-state index in [2.05, 4.69) is 13.8 Å². The van der Waals surface area contributed by atoms with Crippen LogP contribution in [-0.4, -0.2) is 47.7 Å². The van der Waals surface area contributed by atoms with Gasteiger partial charge in [0.05, 0.1) is 10.5 Å². The molecule has 1 N–H and O–H groups in total. The van der Waals surface area contributed by atoms with Crippen LogP contribution in [-0.2, 0) is 14.2 Å². The molecule has 8 heteroatoms. The van der Waals surface area contributed by atoms with Crippen LogP contribution in [0.1, 0.15) is 37.0 Å². The van der Waals surface area contributed by atoms with Gasteiger partial charge in [-0.15, -0.1) is 0 Å². The molecule has 0 radical (unpaired) electrons. The number of hydrogen-bond donors (Lipinski definition) is 1. The highest BCUT2D eigenvalue weighted by Crippen LogP contribution is 2.39. The normalized spacial score (nSPS) is 38.6. The molecular weight excluding hydrogens is 328 g/mol. The number of carbonyl (C=O) groups is 1. The molecule has 0 aliphatic carbocycles. The summed E-state index contributed by atoms with van der Waals surface area (Å²) in [6.07, 6.45) is 1.83. The van der Waals surface area contributed by atoms with Gasteiger partial charge in [0, 0.05) is 38.8 Å². The summed E-state index contributed by atoms with van der Waals surface area (Å²) in [5.74, 6) is -0.495. The molecule has 0 spiro atoms. The van der Waals surface area contributed by atoms with Crippen LogP contribution in [0.25, 0.3) is 0 Å². The van der Waals surface area contributed by atoms with Crippen LogP contribution in [0.4, 0.5) is 5.69 Å². The second-order valence-corrected chi connectivity index (χ2v) is 7.57. The van der Waals surface area contributed by atoms with E-state index in [0.717, 1.165) is 12.8 Å². The number of non-ortho nitro benzene ring substituents is 1. The number of quaternary nitrogens is 1. The molecule has 3 fully saturated rings. The van der Waals surface area contributed by atoms with Crippen LogP contribution in [0, 0.1) is 10.1 Å². The molecule has 4 rings (SSSR count). The molecule has 0 unspecified atom stereocenters. The summed E-state index contributed by atoms with van der Waals surface area (Å²) in [5.41, 5.74) is -0.759. The minimum atomic E-state index is -0.502. The predicted octanol–water partition coefficient (Wildman–Crippen LogP) is 0.662. The van der Waals surface area contributed by atoms with Crippen molar-refractivity contribution in [2.45, 2.75) is 43.7 Å². The van der Waals surface area contributed by atoms with E-state index in [4.69, 9.17) is 14.2 Å². The third-order valence-electron chi connectivity index (χ3n) is 5.79. The lowest BCUT2D eigenvalue weighted by molar-refractivity contribution is -1.02. The second kappa shape index (κ2) is 5.23. The topological polar surface area (TPSA) is 92.3 Å². The largest absolute Gasteiger partial charge is 0.455 e. The summed E-state index contributed by atoms with van der Waals surface area (Å²) in [7, 11) is 0. The van der Waals surface area contributed by atoms with Crippen LogP contribution in [0.3, 0.4) is 0 Å². The van der Waals surface area contributed by atoms with Crippen LogP contribution in [0.2, 0.25) is 0 Å². The van der Waals surface area contributed by atoms with Crippen molar-refractivity contribution in [2.24, 2.45) is 0 Å². The van der Waals surface area contributed by atoms with E-state index in [1.807, 2.05) is 0 Å². The van der Waals surface area contributed by atoms with Crippen molar-refractivity contribution in [1.82, 2.24) is 0 Å². The fourth-order valence-corrected chi connectivity index (χ4v) is 4.64. The van der Waals surface area contributed by atoms with Gasteiger partial charge in [0.15, 0.2) is 12.1 Å². The monoisotopic (exact) mass is 349 g/mol. The van der Waals surface area contributed by atoms with Gasteiger partial charge in [-0.3, -0.25) is 15.0 Å². The molecule has 0 bridgehead atoms. The van der Waals surface area contributed by atoms with Crippen molar-refractivity contribution < 1.29 is 28.8 Å². The first kappa shape index (κ1) is 16.4. The fourth-order valence-electron chi connectivity index (χ4n) is 4.64. The quantitative estimate of drug-likeness (QED) is 0.488. The van der Waals surface area contributed by atoms with Crippen LogP contribution >= 0.6 is 0 Å². The predicted molar refractivity (Wildman–Crippen MR) is 85.0 cm³/mol. The van der Waals surface area contributed by atoms with Gasteiger partial charge < -0.3 is 14.2 Å². The first-order valence-corrected chi connectivity index (χ1v) is 8.36. The molecule has 2 atom stereocenters. The van der Waals surface area contributed by atoms with E-state index >= 15 is 0 Å². The maximum absolute atomic E-state index is 12.3. The third-order valence-corrected chi connectivity index (χ3v) is 5.79. The number of nitro groups is 1. The Labute approximate surface area is 144 Å². The van der Waals surface area contributed by atoms with Gasteiger partial charge in [0.25, 0.3) is 5.69 Å². The number of carbonyl (C=O) groups excluding carboxylic acids is 1. The Morgan fingerprint density at radius 3 is 2.28 bits per heavy atom. The molecule has 0 aromatic heterocycles. The highest BCUT2D eigenvalue weighted by atomic mass is 16.6. The smallest absolute Gasteiger partial charge is 0.338 e. The number of nitrogens with one attached hydrogen (secondary N) is 1. The van der Waals surface area contributed by atoms with E-state index in [1.54, 1.807) is 0 Å². The molecule has 3 saturated heterocycles. The van der Waals surface area contributed by atoms with Crippen molar-refractivity contribution in [3.8, 4) is 0 Å². The third kappa shape index (κ3) is 2.36. The fraction of sp³-hybridized carbons (Fsp3) is 0.588. The SMILES string of the molecule is C[C@@]12CC[C@]3(C)OCC(COC(=O)c4ccc([N+](=O)[O-])cc4)(CO1)[NH+]23. The lowest BCUT2D eigenvalue weighted by Gasteiger charge is -2.34. The van der Waals surface area contributed by atoms with Gasteiger partial charge in [-0.1, -0.05) is 0 Å². The molecule has 3 heterocycles. The number of nitro benzene ring substituents is 1. The Hall–Kier alpha value is -2.03. The average Bonchev–Trinajstić information content (AvgIpc) is 3.17. The summed E-state index contributed by atoms with van der Waals surface area (Å²) in [6, 6.07) is 5.41. The number of ether oxygens (including phenoxy) is 3. The van der Waals surface area contributed by atoms with E-state index in [0.29, 0.717) is 18.8 Å². The van der Waals surface area contributed by atoms with Crippen molar-refractivity contribution in [3.63, 3.8) is 0 Å². The summed E-state index contributed by atoms with van der Waals surface area (Å²) in [4.78, 5) is 23.7. The number of nitrogens with zero attached hydrogens (tertiary/aromatic N) is 1. The molecule has 1 aromatic rings. The molecule has 3 aliphatic rings. The number of hydrogen-bond acceptors (Lipinski definition) is 6. The lowest BCUT2D eigenvalue weighted by Crippen LogP contribution is -3.27. The van der Waals surface area contributed by atoms with Gasteiger partial charge in [-0.05, 0) is 12.1 Å². The van der Waals surface area contributed by atoms with Gasteiger partial charge in [-0.25, -0.2) is 4.79 Å². The van der Waals surface area contributed by atoms with Gasteiger partial charge >= 0.3 is 5.97 Å². The van der Waals surface area contributed by atoms with E-state index < -0.39 is 16.4 Å². The maximum Gasteiger partial charge on any atom is 0.338 e. The Balaban J connectivity index is 1.48. The first-order valence-electron chi connectivity index (χ1n) is 8.36. The van der Waals surface area contributed by atoms with E-state index in [1.165, 1.54) is 29.2 Å². The van der Waals surface area contributed by atoms with E-state index in [-0.39, 0.29) is 23.7 Å². The van der Waals surface area contributed by atoms with Gasteiger partial charge in [0.1, 0.15) is 13.2 Å². The summed E-state index contributed by atoms with van der Waals surface area (Å²) < 4.78 is 17.7. The van der Waals surface area contributed by atoms with E-state index in [9.17, 15) is 14.9 Å². The average molecular weight is 349 g/mol. The second-order valence-electron chi connectivity index (χ2n) is 7.57. The molecule has 0 saturated carbocycles. The molecular formula is C17H21N2O6+. The zero-order valence-electron chi connectivity index (χ0n) is 14.2. The minimum absolute atomic E-state index is 0.0587. The minimum Gasteiger partial charge on any atom is -0.455 e. The van der Waals surface area contributed by atoms with Crippen molar-refractivity contribution in [3.05, 3.63) is 39.9 Å². The van der Waals surface area contributed by atoms with Crippen molar-refractivity contribution in [2.75, 3.05) is 19.8 Å². The number of benzene rings is 1. The Morgan fingerprint density at radius 1 is 1.20 bits per heavy atom. The van der Waals surface area contributed by atoms with Crippen molar-refractivity contribution >= 4 is 11.7 Å². The molecule has 8 nitrogen and oxygen atoms in total. The Kier molecular flexibility index (Phi) is 3.44. The highest BCUT2D eigenvalue weighted by Gasteiger charge is 2.74. The lowest BCUT2D eigenvalue weighted by atomic mass is 10.0. The summed E-state index contributed by atoms with van der Waals surface area (Å²) in [5, 5.41) is 10.7. The standard InChI is InChI=1S/C17H20N2O6/c1-15-7-8-16(2)19(15)17(10-24-15,11-25-16)9-23-14(20)12-3-5-13(6-4-12)18(21)22/h3-6H,7-11H2,1-2H3/p+1/t15-,16-/m0/s1. The Bertz CT molecular complexity index is 713. The zero-order valence-corrected chi connectivity index (χ0v) is 14.2. The number of esters is 1. The first-order chi connectivity index (χ1) is 11.8. The Morgan fingerprint density at radius 2 is 1.76 bits per heavy atom. The van der Waals surface area contributed by atoms with Crippen molar-refractivity contribution in [1.29, 1.82) is 0 Å². The van der Waals surface area contributed by atoms with Gasteiger partial charge in [0.2, 0.25) is 11.4 Å². The molecule has 1 aromatic carbocycles. The highest BCUT2D eigenvalue weighted by molar-refractivity contribution is 5.89. The van der Waals surface area contributed by atoms with Crippen LogP contribution in [0.5, 0.6) is 0 Å². The summed E-state index contributed by atoms with van der Waals surface area (Å²) in [6.45, 7) is 5.34. The van der Waals surface area contributed by atoms with Crippen LogP contribution in [0.15, 0.2) is 24.3 Å². The zero-order chi connectivity index (χ0) is 17.9. The molecule has 134 valence electrons. The molecule has 25 heavy (non-hydrogen) atoms. The summed E-state index contributed by atoms with van der Waals surface area (Å²) >= 11 is 0. The molecule has 0 amide bonds. The number of rotatable bonds is 4. The maximum atomic E-state index is 12.3. The van der Waals surface area contributed by atoms with Gasteiger partial charge in [-0.2, -0.15) is 0 Å². The van der Waals surface area contributed by atoms with Crippen LogP contribution < -0.4 is 4.90 Å². The molecule has 3 aliphatic heterocycles.